The van der Waals surface area contributed by atoms with Gasteiger partial charge in [-0.25, -0.2) is 4.79 Å². The van der Waals surface area contributed by atoms with Crippen molar-refractivity contribution in [2.45, 2.75) is 25.0 Å². The van der Waals surface area contributed by atoms with Gasteiger partial charge in [-0.05, 0) is 25.0 Å². The molecule has 3 aliphatic heterocycles. The van der Waals surface area contributed by atoms with E-state index in [2.05, 4.69) is 5.32 Å². The van der Waals surface area contributed by atoms with Gasteiger partial charge >= 0.3 is 6.03 Å². The highest BCUT2D eigenvalue weighted by Crippen LogP contribution is 2.47. The predicted octanol–water partition coefficient (Wildman–Crippen LogP) is 3.05. The van der Waals surface area contributed by atoms with Gasteiger partial charge in [-0.15, -0.1) is 0 Å². The molecule has 0 spiro atoms. The second-order valence-corrected chi connectivity index (χ2v) is 7.39. The number of carbonyl (C=O) groups is 1. The minimum Gasteiger partial charge on any atom is -0.375 e. The quantitative estimate of drug-likeness (QED) is 0.903. The van der Waals surface area contributed by atoms with Gasteiger partial charge < -0.3 is 19.9 Å². The summed E-state index contributed by atoms with van der Waals surface area (Å²) in [5.74, 6) is 1.04. The molecule has 6 heteroatoms. The normalized spacial score (nSPS) is 31.3. The zero-order valence-corrected chi connectivity index (χ0v) is 14.2. The van der Waals surface area contributed by atoms with E-state index in [0.29, 0.717) is 29.1 Å². The van der Waals surface area contributed by atoms with Crippen LogP contribution in [0.15, 0.2) is 18.2 Å². The number of nitrogens with one attached hydrogen (secondary N) is 1. The highest BCUT2D eigenvalue weighted by Gasteiger charge is 2.53. The number of hydrogen-bond acceptors (Lipinski definition) is 3. The summed E-state index contributed by atoms with van der Waals surface area (Å²) in [5.41, 5.74) is 1.59. The Bertz CT molecular complexity index is 618. The Kier molecular flexibility index (Phi) is 3.65. The summed E-state index contributed by atoms with van der Waals surface area (Å²) in [6, 6.07) is 5.55. The molecule has 124 valence electrons. The second kappa shape index (κ2) is 5.56. The molecule has 3 heterocycles. The summed E-state index contributed by atoms with van der Waals surface area (Å²) in [6.07, 6.45) is 3.04. The van der Waals surface area contributed by atoms with Crippen LogP contribution < -0.4 is 10.2 Å². The van der Waals surface area contributed by atoms with Crippen molar-refractivity contribution < 1.29 is 9.53 Å². The fourth-order valence-corrected chi connectivity index (χ4v) is 4.73. The molecule has 4 rings (SSSR count). The lowest BCUT2D eigenvalue weighted by Gasteiger charge is -2.23. The number of halogens is 1. The van der Waals surface area contributed by atoms with Crippen molar-refractivity contribution in [2.24, 2.45) is 11.8 Å². The molecular formula is C17H22ClN3O2. The van der Waals surface area contributed by atoms with Crippen LogP contribution in [0.5, 0.6) is 0 Å². The number of para-hydroxylation sites is 1. The molecule has 0 aliphatic carbocycles. The van der Waals surface area contributed by atoms with Crippen molar-refractivity contribution in [1.29, 1.82) is 0 Å². The number of rotatable bonds is 2. The zero-order chi connectivity index (χ0) is 16.1. The fourth-order valence-electron chi connectivity index (χ4n) is 4.39. The molecule has 1 aromatic rings. The molecule has 4 atom stereocenters. The van der Waals surface area contributed by atoms with Gasteiger partial charge in [0.2, 0.25) is 0 Å². The average Bonchev–Trinajstić information content (AvgIpc) is 3.19. The van der Waals surface area contributed by atoms with E-state index in [0.717, 1.165) is 37.3 Å². The summed E-state index contributed by atoms with van der Waals surface area (Å²) < 4.78 is 5.97. The van der Waals surface area contributed by atoms with Crippen LogP contribution in [0.2, 0.25) is 5.02 Å². The Morgan fingerprint density at radius 2 is 1.91 bits per heavy atom. The number of nitrogens with zero attached hydrogens (tertiary/aromatic N) is 2. The smallest absolute Gasteiger partial charge is 0.321 e. The molecule has 3 fully saturated rings. The van der Waals surface area contributed by atoms with Gasteiger partial charge in [0.1, 0.15) is 0 Å². The van der Waals surface area contributed by atoms with Gasteiger partial charge in [0.25, 0.3) is 0 Å². The molecule has 0 aromatic heterocycles. The molecule has 3 saturated heterocycles. The van der Waals surface area contributed by atoms with Gasteiger partial charge in [-0.1, -0.05) is 17.7 Å². The van der Waals surface area contributed by atoms with E-state index in [9.17, 15) is 4.79 Å². The second-order valence-electron chi connectivity index (χ2n) is 6.98. The van der Waals surface area contributed by atoms with E-state index in [1.807, 2.05) is 42.1 Å². The summed E-state index contributed by atoms with van der Waals surface area (Å²) >= 11 is 6.27. The van der Waals surface area contributed by atoms with Crippen LogP contribution in [-0.2, 0) is 4.74 Å². The molecule has 4 unspecified atom stereocenters. The molecule has 3 aliphatic rings. The standard InChI is InChI=1S/C17H22ClN3O2/c1-20(2)16-12(18)4-3-5-13(16)19-17(22)21-8-10-11(9-21)15-7-6-14(10)23-15/h3-5,10-11,14-15H,6-9H2,1-2H3,(H,19,22). The number of anilines is 2. The van der Waals surface area contributed by atoms with Crippen LogP contribution >= 0.6 is 11.6 Å². The third-order valence-corrected chi connectivity index (χ3v) is 5.72. The fraction of sp³-hybridized carbons (Fsp3) is 0.588. The summed E-state index contributed by atoms with van der Waals surface area (Å²) in [5, 5.41) is 3.67. The van der Waals surface area contributed by atoms with E-state index < -0.39 is 0 Å². The van der Waals surface area contributed by atoms with E-state index in [4.69, 9.17) is 16.3 Å². The van der Waals surface area contributed by atoms with Crippen LogP contribution in [0.1, 0.15) is 12.8 Å². The van der Waals surface area contributed by atoms with Crippen LogP contribution in [-0.4, -0.2) is 50.3 Å². The number of urea groups is 1. The van der Waals surface area contributed by atoms with Crippen LogP contribution in [0.3, 0.4) is 0 Å². The third kappa shape index (κ3) is 2.46. The molecule has 0 radical (unpaired) electrons. The Labute approximate surface area is 141 Å². The number of fused-ring (bicyclic) bond motifs is 5. The first kappa shape index (κ1) is 15.1. The first-order chi connectivity index (χ1) is 11.0. The maximum atomic E-state index is 12.7. The van der Waals surface area contributed by atoms with Crippen molar-refractivity contribution in [3.05, 3.63) is 23.2 Å². The Morgan fingerprint density at radius 3 is 2.52 bits per heavy atom. The van der Waals surface area contributed by atoms with E-state index in [1.165, 1.54) is 0 Å². The van der Waals surface area contributed by atoms with Crippen molar-refractivity contribution in [2.75, 3.05) is 37.4 Å². The van der Waals surface area contributed by atoms with Gasteiger partial charge in [-0.3, -0.25) is 0 Å². The van der Waals surface area contributed by atoms with Gasteiger partial charge in [-0.2, -0.15) is 0 Å². The number of benzene rings is 1. The number of amides is 2. The van der Waals surface area contributed by atoms with Crippen LogP contribution in [0.4, 0.5) is 16.2 Å². The molecular weight excluding hydrogens is 314 g/mol. The number of likely N-dealkylation sites (tertiary alicyclic amines) is 1. The monoisotopic (exact) mass is 335 g/mol. The Hall–Kier alpha value is -1.46. The summed E-state index contributed by atoms with van der Waals surface area (Å²) in [4.78, 5) is 16.5. The van der Waals surface area contributed by atoms with Gasteiger partial charge in [0, 0.05) is 39.0 Å². The molecule has 0 saturated carbocycles. The van der Waals surface area contributed by atoms with E-state index >= 15 is 0 Å². The topological polar surface area (TPSA) is 44.8 Å². The molecule has 1 N–H and O–H groups in total. The first-order valence-corrected chi connectivity index (χ1v) is 8.59. The molecule has 23 heavy (non-hydrogen) atoms. The van der Waals surface area contributed by atoms with Crippen molar-refractivity contribution in [3.8, 4) is 0 Å². The minimum absolute atomic E-state index is 0.0378. The maximum absolute atomic E-state index is 12.7. The van der Waals surface area contributed by atoms with Gasteiger partial charge in [0.05, 0.1) is 28.6 Å². The highest BCUT2D eigenvalue weighted by atomic mass is 35.5. The summed E-state index contributed by atoms with van der Waals surface area (Å²) in [6.45, 7) is 1.60. The predicted molar refractivity (Wildman–Crippen MR) is 91.2 cm³/mol. The molecule has 2 amide bonds. The molecule has 1 aromatic carbocycles. The maximum Gasteiger partial charge on any atom is 0.321 e. The Morgan fingerprint density at radius 1 is 1.26 bits per heavy atom. The number of carbonyl (C=O) groups excluding carboxylic acids is 1. The van der Waals surface area contributed by atoms with Crippen molar-refractivity contribution in [3.63, 3.8) is 0 Å². The lowest BCUT2D eigenvalue weighted by molar-refractivity contribution is 0.0747. The minimum atomic E-state index is -0.0378. The molecule has 2 bridgehead atoms. The van der Waals surface area contributed by atoms with E-state index in [-0.39, 0.29) is 6.03 Å². The highest BCUT2D eigenvalue weighted by molar-refractivity contribution is 6.34. The third-order valence-electron chi connectivity index (χ3n) is 5.42. The number of hydrogen-bond donors (Lipinski definition) is 1. The SMILES string of the molecule is CN(C)c1c(Cl)cccc1NC(=O)N1CC2C3CCC(O3)C2C1. The lowest BCUT2D eigenvalue weighted by atomic mass is 9.82. The average molecular weight is 336 g/mol. The van der Waals surface area contributed by atoms with Crippen LogP contribution in [0.25, 0.3) is 0 Å². The lowest BCUT2D eigenvalue weighted by Crippen LogP contribution is -2.35. The number of ether oxygens (including phenoxy) is 1. The van der Waals surface area contributed by atoms with E-state index in [1.54, 1.807) is 0 Å². The van der Waals surface area contributed by atoms with Crippen LogP contribution in [0, 0.1) is 11.8 Å². The zero-order valence-electron chi connectivity index (χ0n) is 13.5. The summed E-state index contributed by atoms with van der Waals surface area (Å²) in [7, 11) is 3.85. The largest absolute Gasteiger partial charge is 0.375 e. The Balaban J connectivity index is 1.48. The molecule has 5 nitrogen and oxygen atoms in total. The van der Waals surface area contributed by atoms with Gasteiger partial charge in [0.15, 0.2) is 0 Å². The van der Waals surface area contributed by atoms with Crippen molar-refractivity contribution in [1.82, 2.24) is 4.90 Å². The van der Waals surface area contributed by atoms with Crippen molar-refractivity contribution >= 4 is 29.0 Å². The first-order valence-electron chi connectivity index (χ1n) is 8.22.